The number of allylic oxidation sites excluding steroid dienone is 1. The largest absolute Gasteiger partial charge is 0.435 e. The Morgan fingerprint density at radius 1 is 1.23 bits per heavy atom. The van der Waals surface area contributed by atoms with Gasteiger partial charge in [-0.15, -0.1) is 0 Å². The van der Waals surface area contributed by atoms with Crippen molar-refractivity contribution >= 4 is 34.7 Å². The van der Waals surface area contributed by atoms with E-state index in [2.05, 4.69) is 15.2 Å². The highest BCUT2D eigenvalue weighted by Crippen LogP contribution is 2.27. The fraction of sp³-hybridized carbons (Fsp3) is 0.190. The van der Waals surface area contributed by atoms with E-state index in [-0.39, 0.29) is 11.5 Å². The monoisotopic (exact) mass is 417 g/mol. The highest BCUT2D eigenvalue weighted by atomic mass is 19.3. The van der Waals surface area contributed by atoms with Crippen LogP contribution in [-0.2, 0) is 9.59 Å². The molecule has 9 heteroatoms. The number of rotatable bonds is 6. The fourth-order valence-electron chi connectivity index (χ4n) is 2.95. The minimum Gasteiger partial charge on any atom is -0.435 e. The zero-order chi connectivity index (χ0) is 21.8. The number of carbonyl (C=O) groups is 2. The molecule has 0 aliphatic carbocycles. The summed E-state index contributed by atoms with van der Waals surface area (Å²) >= 11 is 0. The summed E-state index contributed by atoms with van der Waals surface area (Å²) in [6, 6.07) is 11.5. The van der Waals surface area contributed by atoms with Gasteiger partial charge in [0.2, 0.25) is 5.91 Å². The third kappa shape index (κ3) is 4.51. The van der Waals surface area contributed by atoms with Crippen molar-refractivity contribution < 1.29 is 27.5 Å². The molecule has 1 aliphatic heterocycles. The summed E-state index contributed by atoms with van der Waals surface area (Å²) in [6.45, 7) is 0.127. The summed E-state index contributed by atoms with van der Waals surface area (Å²) in [5.41, 5.74) is 1.20. The Labute approximate surface area is 170 Å². The molecule has 1 N–H and O–H groups in total. The molecule has 6 nitrogen and oxygen atoms in total. The molecule has 1 aliphatic rings. The van der Waals surface area contributed by atoms with Crippen molar-refractivity contribution in [2.24, 2.45) is 11.0 Å². The SMILES string of the molecule is C/C=C(\F)c1cccc(NC(=O)C2C(=O)N(c3ccc(OC(F)F)cc3)N=C2C)c1. The average molecular weight is 417 g/mol. The van der Waals surface area contributed by atoms with Crippen molar-refractivity contribution in [2.75, 3.05) is 10.3 Å². The van der Waals surface area contributed by atoms with E-state index in [1.807, 2.05) is 0 Å². The van der Waals surface area contributed by atoms with E-state index < -0.39 is 30.2 Å². The molecule has 0 fully saturated rings. The van der Waals surface area contributed by atoms with Crippen LogP contribution in [0, 0.1) is 5.92 Å². The van der Waals surface area contributed by atoms with Crippen LogP contribution in [0.1, 0.15) is 19.4 Å². The molecule has 1 unspecified atom stereocenters. The molecule has 0 aromatic heterocycles. The topological polar surface area (TPSA) is 71.0 Å². The van der Waals surface area contributed by atoms with E-state index in [1.165, 1.54) is 43.3 Å². The van der Waals surface area contributed by atoms with Crippen molar-refractivity contribution in [3.63, 3.8) is 0 Å². The number of halogens is 3. The van der Waals surface area contributed by atoms with Gasteiger partial charge in [0.25, 0.3) is 5.91 Å². The summed E-state index contributed by atoms with van der Waals surface area (Å²) in [5.74, 6) is -2.88. The number of hydrogen-bond acceptors (Lipinski definition) is 4. The molecule has 1 heterocycles. The Morgan fingerprint density at radius 2 is 1.93 bits per heavy atom. The van der Waals surface area contributed by atoms with Crippen LogP contribution >= 0.6 is 0 Å². The summed E-state index contributed by atoms with van der Waals surface area (Å²) in [4.78, 5) is 25.4. The van der Waals surface area contributed by atoms with Crippen LogP contribution in [0.25, 0.3) is 5.83 Å². The highest BCUT2D eigenvalue weighted by molar-refractivity contribution is 6.28. The Balaban J connectivity index is 1.74. The first-order valence-electron chi connectivity index (χ1n) is 8.97. The van der Waals surface area contributed by atoms with Crippen LogP contribution in [-0.4, -0.2) is 24.1 Å². The molecule has 1 atom stereocenters. The second-order valence-electron chi connectivity index (χ2n) is 6.40. The average Bonchev–Trinajstić information content (AvgIpc) is 3.01. The lowest BCUT2D eigenvalue weighted by Crippen LogP contribution is -2.36. The van der Waals surface area contributed by atoms with Crippen LogP contribution in [0.4, 0.5) is 24.5 Å². The third-order valence-electron chi connectivity index (χ3n) is 4.36. The summed E-state index contributed by atoms with van der Waals surface area (Å²) in [6.07, 6.45) is 1.30. The first-order valence-corrected chi connectivity index (χ1v) is 8.97. The predicted molar refractivity (Wildman–Crippen MR) is 107 cm³/mol. The van der Waals surface area contributed by atoms with Crippen LogP contribution in [0.2, 0.25) is 0 Å². The lowest BCUT2D eigenvalue weighted by atomic mass is 10.0. The smallest absolute Gasteiger partial charge is 0.387 e. The minimum absolute atomic E-state index is 0.0661. The number of alkyl halides is 2. The molecule has 156 valence electrons. The Bertz CT molecular complexity index is 1020. The molecular formula is C21H18F3N3O3. The van der Waals surface area contributed by atoms with Gasteiger partial charge in [-0.25, -0.2) is 4.39 Å². The molecule has 0 spiro atoms. The maximum atomic E-state index is 13.8. The predicted octanol–water partition coefficient (Wildman–Crippen LogP) is 4.60. The molecule has 0 saturated heterocycles. The van der Waals surface area contributed by atoms with E-state index in [1.54, 1.807) is 25.1 Å². The molecule has 30 heavy (non-hydrogen) atoms. The van der Waals surface area contributed by atoms with E-state index in [9.17, 15) is 22.8 Å². The van der Waals surface area contributed by atoms with Crippen LogP contribution in [0.3, 0.4) is 0 Å². The van der Waals surface area contributed by atoms with Gasteiger partial charge in [0.15, 0.2) is 5.92 Å². The molecule has 0 radical (unpaired) electrons. The van der Waals surface area contributed by atoms with Crippen LogP contribution in [0.15, 0.2) is 59.7 Å². The van der Waals surface area contributed by atoms with E-state index in [0.29, 0.717) is 16.9 Å². The minimum atomic E-state index is -2.96. The summed E-state index contributed by atoms with van der Waals surface area (Å²) in [7, 11) is 0. The fourth-order valence-corrected chi connectivity index (χ4v) is 2.95. The van der Waals surface area contributed by atoms with Crippen LogP contribution < -0.4 is 15.1 Å². The molecule has 0 saturated carbocycles. The van der Waals surface area contributed by atoms with Gasteiger partial charge in [-0.1, -0.05) is 18.2 Å². The lowest BCUT2D eigenvalue weighted by molar-refractivity contribution is -0.127. The second-order valence-corrected chi connectivity index (χ2v) is 6.40. The van der Waals surface area contributed by atoms with Crippen molar-refractivity contribution in [1.29, 1.82) is 0 Å². The van der Waals surface area contributed by atoms with Gasteiger partial charge in [0.05, 0.1) is 11.4 Å². The maximum Gasteiger partial charge on any atom is 0.387 e. The Morgan fingerprint density at radius 3 is 2.57 bits per heavy atom. The number of hydrogen-bond donors (Lipinski definition) is 1. The first-order chi connectivity index (χ1) is 14.3. The number of nitrogens with zero attached hydrogens (tertiary/aromatic N) is 2. The quantitative estimate of drug-likeness (QED) is 0.699. The van der Waals surface area contributed by atoms with Gasteiger partial charge >= 0.3 is 6.61 Å². The number of benzene rings is 2. The van der Waals surface area contributed by atoms with Crippen LogP contribution in [0.5, 0.6) is 5.75 Å². The number of anilines is 2. The standard InChI is InChI=1S/C21H18F3N3O3/c1-3-17(22)13-5-4-6-14(11-13)25-19(28)18-12(2)26-27(20(18)29)15-7-9-16(10-8-15)30-21(23)24/h3-11,18,21H,1-2H3,(H,25,28)/b17-3-. The Kier molecular flexibility index (Phi) is 6.20. The van der Waals surface area contributed by atoms with Gasteiger partial charge in [-0.3, -0.25) is 9.59 Å². The number of nitrogens with one attached hydrogen (secondary N) is 1. The van der Waals surface area contributed by atoms with Crippen molar-refractivity contribution in [1.82, 2.24) is 0 Å². The number of carbonyl (C=O) groups excluding carboxylic acids is 2. The maximum absolute atomic E-state index is 13.8. The second kappa shape index (κ2) is 8.81. The number of ether oxygens (including phenoxy) is 1. The third-order valence-corrected chi connectivity index (χ3v) is 4.36. The van der Waals surface area contributed by atoms with Crippen molar-refractivity contribution in [2.45, 2.75) is 20.5 Å². The zero-order valence-electron chi connectivity index (χ0n) is 16.1. The van der Waals surface area contributed by atoms with E-state index in [4.69, 9.17) is 0 Å². The number of amides is 2. The van der Waals surface area contributed by atoms with Gasteiger partial charge in [-0.2, -0.15) is 18.9 Å². The zero-order valence-corrected chi connectivity index (χ0v) is 16.1. The molecule has 2 amide bonds. The van der Waals surface area contributed by atoms with Gasteiger partial charge < -0.3 is 10.1 Å². The van der Waals surface area contributed by atoms with Crippen molar-refractivity contribution in [3.8, 4) is 5.75 Å². The summed E-state index contributed by atoms with van der Waals surface area (Å²) < 4.78 is 42.6. The van der Waals surface area contributed by atoms with E-state index >= 15 is 0 Å². The summed E-state index contributed by atoms with van der Waals surface area (Å²) in [5, 5.41) is 7.75. The molecule has 2 aromatic carbocycles. The van der Waals surface area contributed by atoms with Gasteiger partial charge in [-0.05, 0) is 50.2 Å². The van der Waals surface area contributed by atoms with Gasteiger partial charge in [0.1, 0.15) is 11.6 Å². The highest BCUT2D eigenvalue weighted by Gasteiger charge is 2.39. The normalized spacial score (nSPS) is 16.7. The van der Waals surface area contributed by atoms with Crippen molar-refractivity contribution in [3.05, 3.63) is 60.2 Å². The van der Waals surface area contributed by atoms with Gasteiger partial charge in [0, 0.05) is 11.3 Å². The molecule has 2 aromatic rings. The molecule has 3 rings (SSSR count). The molecular weight excluding hydrogens is 399 g/mol. The Hall–Kier alpha value is -3.62. The van der Waals surface area contributed by atoms with E-state index in [0.717, 1.165) is 5.01 Å². The lowest BCUT2D eigenvalue weighted by Gasteiger charge is -2.15. The number of hydrazone groups is 1. The first kappa shape index (κ1) is 21.1. The molecule has 0 bridgehead atoms.